The molecule has 0 spiro atoms. The number of alkyl halides is 3. The highest BCUT2D eigenvalue weighted by Crippen LogP contribution is 2.22. The van der Waals surface area contributed by atoms with E-state index < -0.39 is 21.6 Å². The van der Waals surface area contributed by atoms with E-state index in [4.69, 9.17) is 4.74 Å². The monoisotopic (exact) mass is 299 g/mol. The summed E-state index contributed by atoms with van der Waals surface area (Å²) in [6.07, 6.45) is -1.76. The molecule has 0 aliphatic carbocycles. The molecule has 0 aliphatic rings. The van der Waals surface area contributed by atoms with Gasteiger partial charge in [-0.05, 0) is 24.3 Å². The molecule has 0 heterocycles. The molecule has 19 heavy (non-hydrogen) atoms. The second-order valence-corrected chi connectivity index (χ2v) is 4.79. The van der Waals surface area contributed by atoms with Gasteiger partial charge in [-0.25, -0.2) is 9.52 Å². The van der Waals surface area contributed by atoms with E-state index in [1.165, 1.54) is 31.4 Å². The Balaban J connectivity index is 2.70. The van der Waals surface area contributed by atoms with Gasteiger partial charge in [0.05, 0.1) is 7.11 Å². The van der Waals surface area contributed by atoms with Gasteiger partial charge < -0.3 is 9.47 Å². The van der Waals surface area contributed by atoms with E-state index >= 15 is 0 Å². The lowest BCUT2D eigenvalue weighted by Crippen LogP contribution is -2.41. The molecule has 0 saturated carbocycles. The number of carbonyl (C=O) groups is 1. The molecule has 10 heteroatoms. The molecule has 0 unspecified atom stereocenters. The summed E-state index contributed by atoms with van der Waals surface area (Å²) < 4.78 is 66.9. The van der Waals surface area contributed by atoms with Gasteiger partial charge in [-0.15, -0.1) is 0 Å². The number of hydrogen-bond donors (Lipinski definition) is 1. The Hall–Kier alpha value is -1.97. The zero-order valence-corrected chi connectivity index (χ0v) is 10.2. The van der Waals surface area contributed by atoms with Crippen molar-refractivity contribution in [3.05, 3.63) is 24.3 Å². The molecular formula is C9H8F3NO5S. The summed E-state index contributed by atoms with van der Waals surface area (Å²) in [5.41, 5.74) is -5.59. The van der Waals surface area contributed by atoms with Gasteiger partial charge in [0.25, 0.3) is 0 Å². The van der Waals surface area contributed by atoms with Gasteiger partial charge in [0.2, 0.25) is 0 Å². The first-order chi connectivity index (χ1) is 8.65. The summed E-state index contributed by atoms with van der Waals surface area (Å²) >= 11 is 0. The highest BCUT2D eigenvalue weighted by Gasteiger charge is 2.47. The number of nitrogens with one attached hydrogen (secondary N) is 1. The number of carbonyl (C=O) groups excluding carboxylic acids is 1. The van der Waals surface area contributed by atoms with Gasteiger partial charge in [0.1, 0.15) is 11.5 Å². The third kappa shape index (κ3) is 4.02. The van der Waals surface area contributed by atoms with E-state index in [1.807, 2.05) is 0 Å². The second kappa shape index (κ2) is 5.34. The predicted octanol–water partition coefficient (Wildman–Crippen LogP) is 1.63. The van der Waals surface area contributed by atoms with Crippen LogP contribution in [0, 0.1) is 0 Å². The van der Waals surface area contributed by atoms with Gasteiger partial charge in [0.15, 0.2) is 0 Å². The maximum Gasteiger partial charge on any atom is 0.516 e. The Morgan fingerprint density at radius 1 is 1.16 bits per heavy atom. The Bertz CT molecular complexity index is 552. The summed E-state index contributed by atoms with van der Waals surface area (Å²) in [6.45, 7) is 0. The smallest absolute Gasteiger partial charge is 0.497 e. The van der Waals surface area contributed by atoms with Gasteiger partial charge >= 0.3 is 21.6 Å². The fourth-order valence-corrected chi connectivity index (χ4v) is 1.32. The van der Waals surface area contributed by atoms with Crippen LogP contribution < -0.4 is 14.2 Å². The van der Waals surface area contributed by atoms with Crippen LogP contribution in [-0.2, 0) is 10.0 Å². The Morgan fingerprint density at radius 2 is 1.63 bits per heavy atom. The number of hydrogen-bond acceptors (Lipinski definition) is 5. The normalized spacial score (nSPS) is 11.8. The molecule has 0 fully saturated rings. The van der Waals surface area contributed by atoms with Crippen molar-refractivity contribution in [1.82, 2.24) is 4.72 Å². The molecule has 1 rings (SSSR count). The molecule has 106 valence electrons. The molecule has 1 N–H and O–H groups in total. The second-order valence-electron chi connectivity index (χ2n) is 3.12. The van der Waals surface area contributed by atoms with Gasteiger partial charge in [0, 0.05) is 0 Å². The van der Waals surface area contributed by atoms with Crippen LogP contribution in [-0.4, -0.2) is 27.1 Å². The van der Waals surface area contributed by atoms with Crippen LogP contribution in [0.25, 0.3) is 0 Å². The van der Waals surface area contributed by atoms with E-state index in [1.54, 1.807) is 0 Å². The van der Waals surface area contributed by atoms with Crippen molar-refractivity contribution in [2.24, 2.45) is 0 Å². The number of amides is 1. The van der Waals surface area contributed by atoms with Gasteiger partial charge in [-0.3, -0.25) is 0 Å². The maximum absolute atomic E-state index is 12.0. The topological polar surface area (TPSA) is 81.7 Å². The van der Waals surface area contributed by atoms with Crippen molar-refractivity contribution in [2.45, 2.75) is 5.51 Å². The molecule has 0 bridgehead atoms. The van der Waals surface area contributed by atoms with Crippen molar-refractivity contribution < 1.29 is 35.9 Å². The number of benzene rings is 1. The minimum absolute atomic E-state index is 0.143. The third-order valence-electron chi connectivity index (χ3n) is 1.79. The zero-order chi connectivity index (χ0) is 14.7. The first-order valence-electron chi connectivity index (χ1n) is 4.60. The molecule has 0 saturated heterocycles. The van der Waals surface area contributed by atoms with E-state index in [9.17, 15) is 26.4 Å². The van der Waals surface area contributed by atoms with Crippen LogP contribution >= 0.6 is 0 Å². The summed E-state index contributed by atoms with van der Waals surface area (Å²) in [7, 11) is -4.39. The summed E-state index contributed by atoms with van der Waals surface area (Å²) in [6, 6.07) is 5.19. The standard InChI is InChI=1S/C9H8F3NO5S/c1-17-6-2-4-7(5-3-6)18-8(14)13-19(15,16)9(10,11)12/h2-5H,1H3,(H,13,14). The SMILES string of the molecule is COc1ccc(OC(=O)NS(=O)(=O)C(F)(F)F)cc1. The van der Waals surface area contributed by atoms with Crippen LogP contribution in [0.15, 0.2) is 24.3 Å². The third-order valence-corrected chi connectivity index (χ3v) is 2.84. The molecule has 0 atom stereocenters. The first kappa shape index (κ1) is 15.1. The van der Waals surface area contributed by atoms with Crippen LogP contribution in [0.2, 0.25) is 0 Å². The molecule has 0 aromatic heterocycles. The lowest BCUT2D eigenvalue weighted by atomic mass is 10.3. The molecule has 0 aliphatic heterocycles. The van der Waals surface area contributed by atoms with Crippen molar-refractivity contribution in [2.75, 3.05) is 7.11 Å². The number of ether oxygens (including phenoxy) is 2. The lowest BCUT2D eigenvalue weighted by Gasteiger charge is -2.09. The van der Waals surface area contributed by atoms with Crippen LogP contribution in [0.4, 0.5) is 18.0 Å². The van der Waals surface area contributed by atoms with Crippen molar-refractivity contribution >= 4 is 16.1 Å². The summed E-state index contributed by atoms with van der Waals surface area (Å²) in [5, 5.41) is 0. The summed E-state index contributed by atoms with van der Waals surface area (Å²) in [5.74, 6) is 0.284. The molecule has 6 nitrogen and oxygen atoms in total. The fourth-order valence-electron chi connectivity index (χ4n) is 0.939. The molecule has 1 aromatic carbocycles. The lowest BCUT2D eigenvalue weighted by molar-refractivity contribution is -0.0446. The maximum atomic E-state index is 12.0. The molecular weight excluding hydrogens is 291 g/mol. The Kier molecular flexibility index (Phi) is 4.24. The highest BCUT2D eigenvalue weighted by molar-refractivity contribution is 7.90. The quantitative estimate of drug-likeness (QED) is 0.917. The predicted molar refractivity (Wildman–Crippen MR) is 57.1 cm³/mol. The highest BCUT2D eigenvalue weighted by atomic mass is 32.2. The molecule has 0 radical (unpaired) electrons. The largest absolute Gasteiger partial charge is 0.516 e. The van der Waals surface area contributed by atoms with Crippen molar-refractivity contribution in [3.63, 3.8) is 0 Å². The minimum atomic E-state index is -5.78. The van der Waals surface area contributed by atoms with E-state index in [-0.39, 0.29) is 5.75 Å². The van der Waals surface area contributed by atoms with Crippen molar-refractivity contribution in [3.8, 4) is 11.5 Å². The minimum Gasteiger partial charge on any atom is -0.497 e. The molecule has 1 amide bonds. The van der Waals surface area contributed by atoms with Crippen molar-refractivity contribution in [1.29, 1.82) is 0 Å². The van der Waals surface area contributed by atoms with E-state index in [0.717, 1.165) is 4.72 Å². The van der Waals surface area contributed by atoms with E-state index in [2.05, 4.69) is 4.74 Å². The van der Waals surface area contributed by atoms with Gasteiger partial charge in [-0.2, -0.15) is 21.6 Å². The van der Waals surface area contributed by atoms with Crippen LogP contribution in [0.3, 0.4) is 0 Å². The fraction of sp³-hybridized carbons (Fsp3) is 0.222. The first-order valence-corrected chi connectivity index (χ1v) is 6.09. The average molecular weight is 299 g/mol. The average Bonchev–Trinajstić information content (AvgIpc) is 2.27. The number of methoxy groups -OCH3 is 1. The van der Waals surface area contributed by atoms with Crippen LogP contribution in [0.1, 0.15) is 0 Å². The number of halogens is 3. The number of sulfonamides is 1. The molecule has 1 aromatic rings. The summed E-state index contributed by atoms with van der Waals surface area (Å²) in [4.78, 5) is 11.0. The number of rotatable bonds is 3. The Morgan fingerprint density at radius 3 is 2.05 bits per heavy atom. The van der Waals surface area contributed by atoms with E-state index in [0.29, 0.717) is 5.75 Å². The van der Waals surface area contributed by atoms with Crippen LogP contribution in [0.5, 0.6) is 11.5 Å². The Labute approximate surface area is 106 Å². The van der Waals surface area contributed by atoms with Gasteiger partial charge in [-0.1, -0.05) is 0 Å². The zero-order valence-electron chi connectivity index (χ0n) is 9.39.